The van der Waals surface area contributed by atoms with E-state index in [4.69, 9.17) is 4.74 Å². The lowest BCUT2D eigenvalue weighted by atomic mass is 10.0. The Morgan fingerprint density at radius 1 is 1.12 bits per heavy atom. The van der Waals surface area contributed by atoms with Gasteiger partial charge in [0, 0.05) is 20.1 Å². The van der Waals surface area contributed by atoms with Gasteiger partial charge in [-0.2, -0.15) is 0 Å². The van der Waals surface area contributed by atoms with Crippen LogP contribution in [0.15, 0.2) is 42.5 Å². The van der Waals surface area contributed by atoms with Gasteiger partial charge in [-0.3, -0.25) is 0 Å². The van der Waals surface area contributed by atoms with Crippen LogP contribution in [-0.4, -0.2) is 18.8 Å². The van der Waals surface area contributed by atoms with Crippen molar-refractivity contribution in [2.75, 3.05) is 13.7 Å². The number of hydrogen-bond donors (Lipinski definition) is 1. The summed E-state index contributed by atoms with van der Waals surface area (Å²) in [6.07, 6.45) is 0.194. The summed E-state index contributed by atoms with van der Waals surface area (Å²) < 4.78 is 4.96. The Morgan fingerprint density at radius 2 is 1.88 bits per heavy atom. The van der Waals surface area contributed by atoms with Gasteiger partial charge in [0.25, 0.3) is 0 Å². The average molecular weight is 216 g/mol. The molecule has 2 heteroatoms. The normalized spacial score (nSPS) is 12.9. The predicted molar refractivity (Wildman–Crippen MR) is 65.4 cm³/mol. The fourth-order valence-electron chi connectivity index (χ4n) is 1.81. The van der Waals surface area contributed by atoms with Crippen molar-refractivity contribution >= 4 is 10.8 Å². The number of aliphatic hydroxyl groups excluding tert-OH is 1. The van der Waals surface area contributed by atoms with Gasteiger partial charge < -0.3 is 9.84 Å². The molecule has 0 radical (unpaired) electrons. The Morgan fingerprint density at radius 3 is 2.62 bits per heavy atom. The highest BCUT2D eigenvalue weighted by Crippen LogP contribution is 2.22. The van der Waals surface area contributed by atoms with Crippen LogP contribution in [0.25, 0.3) is 10.8 Å². The molecule has 0 heterocycles. The van der Waals surface area contributed by atoms with Gasteiger partial charge in [-0.25, -0.2) is 0 Å². The highest BCUT2D eigenvalue weighted by molar-refractivity contribution is 5.83. The fourth-order valence-corrected chi connectivity index (χ4v) is 1.81. The summed E-state index contributed by atoms with van der Waals surface area (Å²) >= 11 is 0. The molecule has 1 unspecified atom stereocenters. The first-order valence-corrected chi connectivity index (χ1v) is 5.47. The Kier molecular flexibility index (Phi) is 3.54. The number of hydrogen-bond acceptors (Lipinski definition) is 2. The highest BCUT2D eigenvalue weighted by Gasteiger charge is 2.07. The standard InChI is InChI=1S/C14H16O2/c1-16-9-8-14(15)13-7-6-11-4-2-3-5-12(11)10-13/h2-7,10,14-15H,8-9H2,1H3. The maximum Gasteiger partial charge on any atom is 0.0812 e. The third kappa shape index (κ3) is 2.40. The number of benzene rings is 2. The second-order valence-electron chi connectivity index (χ2n) is 3.90. The van der Waals surface area contributed by atoms with Crippen molar-refractivity contribution in [1.82, 2.24) is 0 Å². The van der Waals surface area contributed by atoms with E-state index in [9.17, 15) is 5.11 Å². The maximum absolute atomic E-state index is 9.93. The van der Waals surface area contributed by atoms with Crippen molar-refractivity contribution in [3.8, 4) is 0 Å². The zero-order valence-electron chi connectivity index (χ0n) is 9.39. The van der Waals surface area contributed by atoms with Crippen LogP contribution in [0, 0.1) is 0 Å². The quantitative estimate of drug-likeness (QED) is 0.851. The number of ether oxygens (including phenoxy) is 1. The molecule has 0 amide bonds. The number of rotatable bonds is 4. The minimum Gasteiger partial charge on any atom is -0.388 e. The van der Waals surface area contributed by atoms with E-state index in [1.165, 1.54) is 5.39 Å². The first-order valence-electron chi connectivity index (χ1n) is 5.47. The van der Waals surface area contributed by atoms with Crippen molar-refractivity contribution in [2.45, 2.75) is 12.5 Å². The molecule has 0 aromatic heterocycles. The lowest BCUT2D eigenvalue weighted by Crippen LogP contribution is -2.01. The van der Waals surface area contributed by atoms with Gasteiger partial charge in [0.2, 0.25) is 0 Å². The van der Waals surface area contributed by atoms with E-state index in [1.54, 1.807) is 7.11 Å². The van der Waals surface area contributed by atoms with Gasteiger partial charge >= 0.3 is 0 Å². The van der Waals surface area contributed by atoms with Crippen molar-refractivity contribution in [2.24, 2.45) is 0 Å². The zero-order valence-corrected chi connectivity index (χ0v) is 9.39. The van der Waals surface area contributed by atoms with Gasteiger partial charge in [-0.1, -0.05) is 36.4 Å². The molecule has 0 spiro atoms. The molecular formula is C14H16O2. The van der Waals surface area contributed by atoms with Crippen LogP contribution >= 0.6 is 0 Å². The highest BCUT2D eigenvalue weighted by atomic mass is 16.5. The van der Waals surface area contributed by atoms with E-state index in [2.05, 4.69) is 12.1 Å². The average Bonchev–Trinajstić information content (AvgIpc) is 2.35. The SMILES string of the molecule is COCCC(O)c1ccc2ccccc2c1. The third-order valence-electron chi connectivity index (χ3n) is 2.75. The molecule has 2 aromatic carbocycles. The molecule has 0 fully saturated rings. The molecule has 0 saturated carbocycles. The molecule has 0 aliphatic heterocycles. The molecule has 2 aromatic rings. The van der Waals surface area contributed by atoms with Crippen LogP contribution in [-0.2, 0) is 4.74 Å². The number of methoxy groups -OCH3 is 1. The molecule has 2 nitrogen and oxygen atoms in total. The lowest BCUT2D eigenvalue weighted by molar-refractivity contribution is 0.110. The van der Waals surface area contributed by atoms with Crippen LogP contribution in [0.1, 0.15) is 18.1 Å². The maximum atomic E-state index is 9.93. The molecule has 84 valence electrons. The van der Waals surface area contributed by atoms with Crippen LogP contribution in [0.3, 0.4) is 0 Å². The molecule has 0 aliphatic rings. The van der Waals surface area contributed by atoms with E-state index in [0.29, 0.717) is 13.0 Å². The summed E-state index contributed by atoms with van der Waals surface area (Å²) in [5, 5.41) is 12.3. The van der Waals surface area contributed by atoms with E-state index in [-0.39, 0.29) is 0 Å². The van der Waals surface area contributed by atoms with Crippen molar-refractivity contribution < 1.29 is 9.84 Å². The molecule has 0 bridgehead atoms. The molecule has 1 atom stereocenters. The van der Waals surface area contributed by atoms with Crippen LogP contribution in [0.2, 0.25) is 0 Å². The lowest BCUT2D eigenvalue weighted by Gasteiger charge is -2.11. The fraction of sp³-hybridized carbons (Fsp3) is 0.286. The summed E-state index contributed by atoms with van der Waals surface area (Å²) in [4.78, 5) is 0. The van der Waals surface area contributed by atoms with E-state index in [1.807, 2.05) is 30.3 Å². The molecule has 0 saturated heterocycles. The summed E-state index contributed by atoms with van der Waals surface area (Å²) in [6.45, 7) is 0.577. The minimum atomic E-state index is -0.440. The van der Waals surface area contributed by atoms with Crippen molar-refractivity contribution in [1.29, 1.82) is 0 Å². The Hall–Kier alpha value is -1.38. The second kappa shape index (κ2) is 5.10. The molecule has 0 aliphatic carbocycles. The Bertz CT molecular complexity index is 465. The summed E-state index contributed by atoms with van der Waals surface area (Å²) in [5.74, 6) is 0. The molecular weight excluding hydrogens is 200 g/mol. The Balaban J connectivity index is 2.25. The predicted octanol–water partition coefficient (Wildman–Crippen LogP) is 2.91. The van der Waals surface area contributed by atoms with Gasteiger partial charge in [-0.05, 0) is 22.4 Å². The van der Waals surface area contributed by atoms with Crippen LogP contribution in [0.5, 0.6) is 0 Å². The van der Waals surface area contributed by atoms with Gasteiger partial charge in [0.05, 0.1) is 6.10 Å². The topological polar surface area (TPSA) is 29.5 Å². The largest absolute Gasteiger partial charge is 0.388 e. The van der Waals surface area contributed by atoms with Crippen LogP contribution in [0.4, 0.5) is 0 Å². The van der Waals surface area contributed by atoms with Crippen molar-refractivity contribution in [3.63, 3.8) is 0 Å². The smallest absolute Gasteiger partial charge is 0.0812 e. The van der Waals surface area contributed by atoms with E-state index < -0.39 is 6.10 Å². The van der Waals surface area contributed by atoms with Gasteiger partial charge in [0.15, 0.2) is 0 Å². The molecule has 16 heavy (non-hydrogen) atoms. The minimum absolute atomic E-state index is 0.440. The van der Waals surface area contributed by atoms with Crippen LogP contribution < -0.4 is 0 Å². The first-order chi connectivity index (χ1) is 7.81. The third-order valence-corrected chi connectivity index (χ3v) is 2.75. The summed E-state index contributed by atoms with van der Waals surface area (Å²) in [7, 11) is 1.65. The Labute approximate surface area is 95.5 Å². The zero-order chi connectivity index (χ0) is 11.4. The molecule has 2 rings (SSSR count). The summed E-state index contributed by atoms with van der Waals surface area (Å²) in [6, 6.07) is 14.2. The summed E-state index contributed by atoms with van der Waals surface area (Å²) in [5.41, 5.74) is 0.954. The van der Waals surface area contributed by atoms with Crippen molar-refractivity contribution in [3.05, 3.63) is 48.0 Å². The first kappa shape index (κ1) is 11.1. The second-order valence-corrected chi connectivity index (χ2v) is 3.90. The number of aliphatic hydroxyl groups is 1. The van der Waals surface area contributed by atoms with E-state index >= 15 is 0 Å². The van der Waals surface area contributed by atoms with Gasteiger partial charge in [0.1, 0.15) is 0 Å². The number of fused-ring (bicyclic) bond motifs is 1. The molecule has 1 N–H and O–H groups in total. The monoisotopic (exact) mass is 216 g/mol. The van der Waals surface area contributed by atoms with E-state index in [0.717, 1.165) is 10.9 Å². The van der Waals surface area contributed by atoms with Gasteiger partial charge in [-0.15, -0.1) is 0 Å².